The summed E-state index contributed by atoms with van der Waals surface area (Å²) in [7, 11) is -1.29. The van der Waals surface area contributed by atoms with Gasteiger partial charge in [0.1, 0.15) is 17.1 Å². The third-order valence-corrected chi connectivity index (χ3v) is 5.92. The average molecular weight is 297 g/mol. The summed E-state index contributed by atoms with van der Waals surface area (Å²) in [5.74, 6) is 1.88. The van der Waals surface area contributed by atoms with Crippen molar-refractivity contribution in [2.24, 2.45) is 5.73 Å². The van der Waals surface area contributed by atoms with Gasteiger partial charge < -0.3 is 15.2 Å². The molecule has 3 rings (SSSR count). The highest BCUT2D eigenvalue weighted by molar-refractivity contribution is 7.91. The van der Waals surface area contributed by atoms with Gasteiger partial charge in [-0.3, -0.25) is 0 Å². The zero-order valence-electron chi connectivity index (χ0n) is 11.5. The summed E-state index contributed by atoms with van der Waals surface area (Å²) in [5, 5.41) is 0. The number of ether oxygens (including phenoxy) is 2. The van der Waals surface area contributed by atoms with Crippen LogP contribution in [0.15, 0.2) is 18.2 Å². The first-order chi connectivity index (χ1) is 9.43. The molecule has 1 aromatic carbocycles. The third kappa shape index (κ3) is 2.38. The minimum atomic E-state index is -2.90. The van der Waals surface area contributed by atoms with Crippen molar-refractivity contribution in [3.8, 4) is 11.5 Å². The second-order valence-electron chi connectivity index (χ2n) is 5.65. The quantitative estimate of drug-likeness (QED) is 0.848. The molecular formula is C14H19NO4S. The van der Waals surface area contributed by atoms with Crippen LogP contribution in [-0.2, 0) is 9.84 Å². The van der Waals surface area contributed by atoms with Gasteiger partial charge >= 0.3 is 0 Å². The molecule has 2 heterocycles. The van der Waals surface area contributed by atoms with Crippen molar-refractivity contribution in [2.45, 2.75) is 30.9 Å². The second kappa shape index (κ2) is 4.63. The Labute approximate surface area is 119 Å². The highest BCUT2D eigenvalue weighted by Crippen LogP contribution is 2.44. The van der Waals surface area contributed by atoms with Crippen LogP contribution in [0, 0.1) is 0 Å². The Bertz CT molecular complexity index is 612. The molecule has 0 amide bonds. The van der Waals surface area contributed by atoms with E-state index in [1.165, 1.54) is 0 Å². The van der Waals surface area contributed by atoms with Crippen molar-refractivity contribution in [1.29, 1.82) is 0 Å². The van der Waals surface area contributed by atoms with Gasteiger partial charge in [-0.1, -0.05) is 0 Å². The lowest BCUT2D eigenvalue weighted by Crippen LogP contribution is -2.48. The Balaban J connectivity index is 1.89. The first-order valence-electron chi connectivity index (χ1n) is 6.76. The van der Waals surface area contributed by atoms with E-state index < -0.39 is 15.4 Å². The van der Waals surface area contributed by atoms with Crippen LogP contribution in [0.3, 0.4) is 0 Å². The predicted octanol–water partition coefficient (Wildman–Crippen LogP) is 1.42. The molecule has 1 fully saturated rings. The SMILES string of the molecule is COc1ccc2c(c1)[C@@H](N)CC1(CCS(=O)(=O)CC1)O2. The zero-order chi connectivity index (χ0) is 14.4. The monoisotopic (exact) mass is 297 g/mol. The van der Waals surface area contributed by atoms with Crippen molar-refractivity contribution < 1.29 is 17.9 Å². The standard InChI is InChI=1S/C14H19NO4S/c1-18-10-2-3-13-11(8-10)12(15)9-14(19-13)4-6-20(16,17)7-5-14/h2-3,8,12H,4-7,9,15H2,1H3/t12-/m0/s1. The molecule has 1 aromatic rings. The van der Waals surface area contributed by atoms with Crippen LogP contribution in [0.2, 0.25) is 0 Å². The normalized spacial score (nSPS) is 26.6. The molecule has 5 nitrogen and oxygen atoms in total. The third-order valence-electron chi connectivity index (χ3n) is 4.27. The molecule has 2 N–H and O–H groups in total. The van der Waals surface area contributed by atoms with Gasteiger partial charge in [0.25, 0.3) is 0 Å². The summed E-state index contributed by atoms with van der Waals surface area (Å²) in [6.07, 6.45) is 1.70. The van der Waals surface area contributed by atoms with Crippen molar-refractivity contribution >= 4 is 9.84 Å². The van der Waals surface area contributed by atoms with E-state index in [1.807, 2.05) is 18.2 Å². The lowest BCUT2D eigenvalue weighted by molar-refractivity contribution is 0.0263. The number of hydrogen-bond acceptors (Lipinski definition) is 5. The zero-order valence-corrected chi connectivity index (χ0v) is 12.3. The molecule has 1 saturated heterocycles. The summed E-state index contributed by atoms with van der Waals surface area (Å²) >= 11 is 0. The van der Waals surface area contributed by atoms with Crippen LogP contribution in [0.25, 0.3) is 0 Å². The molecule has 0 radical (unpaired) electrons. The molecule has 0 aromatic heterocycles. The minimum absolute atomic E-state index is 0.144. The maximum absolute atomic E-state index is 11.6. The molecule has 1 spiro atoms. The van der Waals surface area contributed by atoms with E-state index in [0.29, 0.717) is 19.3 Å². The molecule has 1 atom stereocenters. The number of hydrogen-bond donors (Lipinski definition) is 1. The Hall–Kier alpha value is -1.27. The van der Waals surface area contributed by atoms with Crippen LogP contribution in [-0.4, -0.2) is 32.6 Å². The smallest absolute Gasteiger partial charge is 0.150 e. The average Bonchev–Trinajstić information content (AvgIpc) is 2.43. The maximum atomic E-state index is 11.6. The number of rotatable bonds is 1. The summed E-state index contributed by atoms with van der Waals surface area (Å²) in [4.78, 5) is 0. The number of sulfone groups is 1. The fraction of sp³-hybridized carbons (Fsp3) is 0.571. The van der Waals surface area contributed by atoms with Gasteiger partial charge in [-0.2, -0.15) is 0 Å². The molecule has 0 saturated carbocycles. The first kappa shape index (κ1) is 13.7. The van der Waals surface area contributed by atoms with Gasteiger partial charge in [-0.25, -0.2) is 8.42 Å². The van der Waals surface area contributed by atoms with E-state index in [4.69, 9.17) is 15.2 Å². The van der Waals surface area contributed by atoms with Gasteiger partial charge in [0.2, 0.25) is 0 Å². The van der Waals surface area contributed by atoms with Crippen molar-refractivity contribution in [1.82, 2.24) is 0 Å². The van der Waals surface area contributed by atoms with E-state index in [1.54, 1.807) is 7.11 Å². The molecule has 0 aliphatic carbocycles. The summed E-state index contributed by atoms with van der Waals surface area (Å²) in [5.41, 5.74) is 6.77. The van der Waals surface area contributed by atoms with Crippen LogP contribution in [0.5, 0.6) is 11.5 Å². The van der Waals surface area contributed by atoms with Gasteiger partial charge in [-0.05, 0) is 18.2 Å². The lowest BCUT2D eigenvalue weighted by atomic mass is 9.83. The Kier molecular flexibility index (Phi) is 3.17. The number of nitrogens with two attached hydrogens (primary N) is 1. The number of benzene rings is 1. The molecular weight excluding hydrogens is 278 g/mol. The van der Waals surface area contributed by atoms with Crippen molar-refractivity contribution in [2.75, 3.05) is 18.6 Å². The molecule has 0 unspecified atom stereocenters. The molecule has 20 heavy (non-hydrogen) atoms. The van der Waals surface area contributed by atoms with E-state index in [2.05, 4.69) is 0 Å². The van der Waals surface area contributed by atoms with Crippen LogP contribution >= 0.6 is 0 Å². The summed E-state index contributed by atoms with van der Waals surface area (Å²) < 4.78 is 34.5. The Morgan fingerprint density at radius 3 is 2.70 bits per heavy atom. The van der Waals surface area contributed by atoms with E-state index >= 15 is 0 Å². The molecule has 0 bridgehead atoms. The van der Waals surface area contributed by atoms with Gasteiger partial charge in [-0.15, -0.1) is 0 Å². The molecule has 6 heteroatoms. The number of methoxy groups -OCH3 is 1. The highest BCUT2D eigenvalue weighted by Gasteiger charge is 2.44. The summed E-state index contributed by atoms with van der Waals surface area (Å²) in [6.45, 7) is 0. The Morgan fingerprint density at radius 2 is 2.05 bits per heavy atom. The second-order valence-corrected chi connectivity index (χ2v) is 7.95. The maximum Gasteiger partial charge on any atom is 0.150 e. The van der Waals surface area contributed by atoms with E-state index in [9.17, 15) is 8.42 Å². The fourth-order valence-electron chi connectivity index (χ4n) is 3.04. The topological polar surface area (TPSA) is 78.6 Å². The highest BCUT2D eigenvalue weighted by atomic mass is 32.2. The molecule has 2 aliphatic heterocycles. The number of fused-ring (bicyclic) bond motifs is 1. The van der Waals surface area contributed by atoms with Crippen molar-refractivity contribution in [3.63, 3.8) is 0 Å². The van der Waals surface area contributed by atoms with Gasteiger partial charge in [0.05, 0.1) is 18.6 Å². The van der Waals surface area contributed by atoms with Crippen LogP contribution in [0.4, 0.5) is 0 Å². The van der Waals surface area contributed by atoms with Gasteiger partial charge in [0.15, 0.2) is 9.84 Å². The lowest BCUT2D eigenvalue weighted by Gasteiger charge is -2.43. The van der Waals surface area contributed by atoms with Gasteiger partial charge in [0, 0.05) is 30.9 Å². The molecule has 2 aliphatic rings. The predicted molar refractivity (Wildman–Crippen MR) is 75.8 cm³/mol. The summed E-state index contributed by atoms with van der Waals surface area (Å²) in [6, 6.07) is 5.45. The van der Waals surface area contributed by atoms with E-state index in [0.717, 1.165) is 17.1 Å². The molecule has 110 valence electrons. The largest absolute Gasteiger partial charge is 0.497 e. The fourth-order valence-corrected chi connectivity index (χ4v) is 4.61. The van der Waals surface area contributed by atoms with Crippen LogP contribution < -0.4 is 15.2 Å². The first-order valence-corrected chi connectivity index (χ1v) is 8.58. The minimum Gasteiger partial charge on any atom is -0.497 e. The van der Waals surface area contributed by atoms with E-state index in [-0.39, 0.29) is 17.5 Å². The van der Waals surface area contributed by atoms with Crippen LogP contribution in [0.1, 0.15) is 30.9 Å². The Morgan fingerprint density at radius 1 is 1.35 bits per heavy atom. The van der Waals surface area contributed by atoms with Crippen molar-refractivity contribution in [3.05, 3.63) is 23.8 Å².